The summed E-state index contributed by atoms with van der Waals surface area (Å²) >= 11 is 0. The van der Waals surface area contributed by atoms with Gasteiger partial charge in [-0.1, -0.05) is 37.3 Å². The number of rotatable bonds is 6. The van der Waals surface area contributed by atoms with Gasteiger partial charge in [-0.2, -0.15) is 0 Å². The number of hydrogen-bond acceptors (Lipinski definition) is 3. The first-order chi connectivity index (χ1) is 7.72. The van der Waals surface area contributed by atoms with Crippen molar-refractivity contribution in [2.45, 2.75) is 26.2 Å². The molecule has 1 aromatic carbocycles. The van der Waals surface area contributed by atoms with Crippen molar-refractivity contribution in [3.05, 3.63) is 35.9 Å². The lowest BCUT2D eigenvalue weighted by atomic mass is 10.1. The Morgan fingerprint density at radius 1 is 1.19 bits per heavy atom. The van der Waals surface area contributed by atoms with E-state index in [0.717, 1.165) is 12.0 Å². The molecule has 0 atom stereocenters. The molecule has 0 aromatic heterocycles. The summed E-state index contributed by atoms with van der Waals surface area (Å²) in [5.74, 6) is -0.532. The minimum absolute atomic E-state index is 0.104. The van der Waals surface area contributed by atoms with Crippen molar-refractivity contribution in [2.75, 3.05) is 6.61 Å². The van der Waals surface area contributed by atoms with Gasteiger partial charge in [-0.05, 0) is 12.0 Å². The number of hydrogen-bond donors (Lipinski definition) is 0. The molecule has 0 N–H and O–H groups in total. The molecule has 3 heteroatoms. The van der Waals surface area contributed by atoms with E-state index in [1.807, 2.05) is 37.3 Å². The van der Waals surface area contributed by atoms with Gasteiger partial charge >= 0.3 is 5.97 Å². The molecular weight excluding hydrogens is 204 g/mol. The number of ketones is 1. The molecule has 0 aliphatic rings. The summed E-state index contributed by atoms with van der Waals surface area (Å²) in [6.45, 7) is 2.30. The zero-order valence-corrected chi connectivity index (χ0v) is 9.44. The predicted molar refractivity (Wildman–Crippen MR) is 61.0 cm³/mol. The van der Waals surface area contributed by atoms with Gasteiger partial charge < -0.3 is 4.74 Å². The van der Waals surface area contributed by atoms with Crippen LogP contribution >= 0.6 is 0 Å². The number of benzene rings is 1. The Bertz CT molecular complexity index is 343. The van der Waals surface area contributed by atoms with Crippen LogP contribution in [0, 0.1) is 0 Å². The molecule has 86 valence electrons. The van der Waals surface area contributed by atoms with Crippen molar-refractivity contribution in [2.24, 2.45) is 0 Å². The van der Waals surface area contributed by atoms with Crippen LogP contribution in [0.4, 0.5) is 0 Å². The summed E-state index contributed by atoms with van der Waals surface area (Å²) in [4.78, 5) is 22.6. The average Bonchev–Trinajstić information content (AvgIpc) is 2.27. The Labute approximate surface area is 95.4 Å². The molecule has 1 aromatic rings. The van der Waals surface area contributed by atoms with Gasteiger partial charge in [-0.25, -0.2) is 0 Å². The van der Waals surface area contributed by atoms with Gasteiger partial charge in [-0.15, -0.1) is 0 Å². The second kappa shape index (κ2) is 6.77. The van der Waals surface area contributed by atoms with Gasteiger partial charge in [0, 0.05) is 6.42 Å². The maximum absolute atomic E-state index is 11.5. The van der Waals surface area contributed by atoms with Crippen LogP contribution in [0.15, 0.2) is 30.3 Å². The van der Waals surface area contributed by atoms with Gasteiger partial charge in [0.2, 0.25) is 0 Å². The zero-order chi connectivity index (χ0) is 11.8. The van der Waals surface area contributed by atoms with E-state index in [0.29, 0.717) is 13.0 Å². The molecule has 16 heavy (non-hydrogen) atoms. The Kier molecular flexibility index (Phi) is 5.26. The van der Waals surface area contributed by atoms with E-state index in [1.54, 1.807) is 0 Å². The Morgan fingerprint density at radius 3 is 2.50 bits per heavy atom. The van der Waals surface area contributed by atoms with Crippen molar-refractivity contribution >= 4 is 11.8 Å². The Morgan fingerprint density at radius 2 is 1.88 bits per heavy atom. The first-order valence-electron chi connectivity index (χ1n) is 5.43. The molecule has 0 fully saturated rings. The lowest BCUT2D eigenvalue weighted by Crippen LogP contribution is -2.13. The minimum atomic E-state index is -0.428. The molecule has 0 amide bonds. The molecule has 0 saturated carbocycles. The van der Waals surface area contributed by atoms with Crippen LogP contribution < -0.4 is 0 Å². The number of ether oxygens (including phenoxy) is 1. The van der Waals surface area contributed by atoms with Crippen molar-refractivity contribution in [1.29, 1.82) is 0 Å². The van der Waals surface area contributed by atoms with Gasteiger partial charge in [0.15, 0.2) is 0 Å². The van der Waals surface area contributed by atoms with Crippen LogP contribution in [0.3, 0.4) is 0 Å². The third-order valence-electron chi connectivity index (χ3n) is 2.05. The monoisotopic (exact) mass is 220 g/mol. The first kappa shape index (κ1) is 12.4. The largest absolute Gasteiger partial charge is 0.465 e. The maximum atomic E-state index is 11.5. The topological polar surface area (TPSA) is 43.4 Å². The fourth-order valence-electron chi connectivity index (χ4n) is 1.31. The molecule has 3 nitrogen and oxygen atoms in total. The molecule has 0 spiro atoms. The smallest absolute Gasteiger partial charge is 0.313 e. The van der Waals surface area contributed by atoms with Crippen molar-refractivity contribution in [3.63, 3.8) is 0 Å². The summed E-state index contributed by atoms with van der Waals surface area (Å²) < 4.78 is 4.84. The van der Waals surface area contributed by atoms with E-state index in [-0.39, 0.29) is 12.2 Å². The highest BCUT2D eigenvalue weighted by Crippen LogP contribution is 2.02. The fourth-order valence-corrected chi connectivity index (χ4v) is 1.31. The van der Waals surface area contributed by atoms with E-state index >= 15 is 0 Å². The maximum Gasteiger partial charge on any atom is 0.313 e. The van der Waals surface area contributed by atoms with Crippen LogP contribution in [0.25, 0.3) is 0 Å². The highest BCUT2D eigenvalue weighted by atomic mass is 16.5. The van der Waals surface area contributed by atoms with Crippen LogP contribution in [0.5, 0.6) is 0 Å². The van der Waals surface area contributed by atoms with Gasteiger partial charge in [0.1, 0.15) is 12.2 Å². The van der Waals surface area contributed by atoms with Crippen LogP contribution in [-0.4, -0.2) is 18.4 Å². The molecule has 1 rings (SSSR count). The van der Waals surface area contributed by atoms with E-state index in [4.69, 9.17) is 4.74 Å². The minimum Gasteiger partial charge on any atom is -0.465 e. The van der Waals surface area contributed by atoms with E-state index in [2.05, 4.69) is 0 Å². The first-order valence-corrected chi connectivity index (χ1v) is 5.43. The number of Topliss-reactive ketones (excluding diaryl/α,β-unsaturated/α-hetero) is 1. The summed E-state index contributed by atoms with van der Waals surface area (Å²) in [5.41, 5.74) is 0.927. The highest BCUT2D eigenvalue weighted by molar-refractivity contribution is 5.96. The van der Waals surface area contributed by atoms with Crippen molar-refractivity contribution < 1.29 is 14.3 Å². The van der Waals surface area contributed by atoms with Crippen LogP contribution in [0.1, 0.15) is 25.3 Å². The third kappa shape index (κ3) is 4.73. The summed E-state index contributed by atoms with van der Waals surface area (Å²) in [6.07, 6.45) is 0.940. The molecular formula is C13H16O3. The molecule has 0 radical (unpaired) electrons. The second-order valence-corrected chi connectivity index (χ2v) is 3.60. The van der Waals surface area contributed by atoms with Crippen LogP contribution in [0.2, 0.25) is 0 Å². The van der Waals surface area contributed by atoms with E-state index < -0.39 is 5.97 Å². The van der Waals surface area contributed by atoms with Crippen molar-refractivity contribution in [1.82, 2.24) is 0 Å². The van der Waals surface area contributed by atoms with Crippen LogP contribution in [-0.2, 0) is 20.7 Å². The highest BCUT2D eigenvalue weighted by Gasteiger charge is 2.10. The Balaban J connectivity index is 2.34. The molecule has 0 saturated heterocycles. The second-order valence-electron chi connectivity index (χ2n) is 3.60. The predicted octanol–water partition coefficient (Wildman–Crippen LogP) is 2.14. The molecule has 0 aliphatic carbocycles. The molecule has 0 bridgehead atoms. The lowest BCUT2D eigenvalue weighted by molar-refractivity contribution is -0.145. The van der Waals surface area contributed by atoms with Gasteiger partial charge in [0.05, 0.1) is 6.61 Å². The normalized spacial score (nSPS) is 9.81. The van der Waals surface area contributed by atoms with Gasteiger partial charge in [-0.3, -0.25) is 9.59 Å². The van der Waals surface area contributed by atoms with E-state index in [1.165, 1.54) is 0 Å². The number of esters is 1. The lowest BCUT2D eigenvalue weighted by Gasteiger charge is -2.02. The molecule has 0 heterocycles. The molecule has 0 aliphatic heterocycles. The fraction of sp³-hybridized carbons (Fsp3) is 0.385. The average molecular weight is 220 g/mol. The summed E-state index contributed by atoms with van der Waals surface area (Å²) in [5, 5.41) is 0. The summed E-state index contributed by atoms with van der Waals surface area (Å²) in [7, 11) is 0. The Hall–Kier alpha value is -1.64. The van der Waals surface area contributed by atoms with E-state index in [9.17, 15) is 9.59 Å². The standard InChI is InChI=1S/C13H16O3/c1-2-8-16-13(15)10-12(14)9-11-6-4-3-5-7-11/h3-7H,2,8-10H2,1H3. The van der Waals surface area contributed by atoms with Crippen molar-refractivity contribution in [3.8, 4) is 0 Å². The van der Waals surface area contributed by atoms with Gasteiger partial charge in [0.25, 0.3) is 0 Å². The SMILES string of the molecule is CCCOC(=O)CC(=O)Cc1ccccc1. The third-order valence-corrected chi connectivity index (χ3v) is 2.05. The molecule has 0 unspecified atom stereocenters. The number of carbonyl (C=O) groups is 2. The summed E-state index contributed by atoms with van der Waals surface area (Å²) in [6, 6.07) is 9.38. The quantitative estimate of drug-likeness (QED) is 0.545. The zero-order valence-electron chi connectivity index (χ0n) is 9.44. The number of carbonyl (C=O) groups excluding carboxylic acids is 2.